The fourth-order valence-electron chi connectivity index (χ4n) is 2.24. The van der Waals surface area contributed by atoms with Crippen molar-refractivity contribution in [1.82, 2.24) is 16.0 Å². The van der Waals surface area contributed by atoms with E-state index in [-0.39, 0.29) is 18.0 Å². The van der Waals surface area contributed by atoms with Crippen LogP contribution in [0.2, 0.25) is 0 Å². The summed E-state index contributed by atoms with van der Waals surface area (Å²) in [5.41, 5.74) is 0.786. The summed E-state index contributed by atoms with van der Waals surface area (Å²) in [7, 11) is 4.95. The van der Waals surface area contributed by atoms with Gasteiger partial charge < -0.3 is 25.4 Å². The lowest BCUT2D eigenvalue weighted by atomic mass is 10.1. The van der Waals surface area contributed by atoms with Crippen molar-refractivity contribution in [2.45, 2.75) is 32.7 Å². The third-order valence-electron chi connectivity index (χ3n) is 3.33. The molecule has 1 amide bonds. The summed E-state index contributed by atoms with van der Waals surface area (Å²) in [6.45, 7) is 6.64. The van der Waals surface area contributed by atoms with Crippen molar-refractivity contribution in [3.05, 3.63) is 23.8 Å². The van der Waals surface area contributed by atoms with E-state index in [1.165, 1.54) is 0 Å². The van der Waals surface area contributed by atoms with Gasteiger partial charge in [-0.25, -0.2) is 0 Å². The fraction of sp³-hybridized carbons (Fsp3) is 0.556. The highest BCUT2D eigenvalue weighted by atomic mass is 16.5. The zero-order chi connectivity index (χ0) is 18.9. The highest BCUT2D eigenvalue weighted by Crippen LogP contribution is 2.24. The number of rotatable bonds is 7. The maximum Gasteiger partial charge on any atom is 0.239 e. The van der Waals surface area contributed by atoms with Crippen LogP contribution in [0.1, 0.15) is 26.3 Å². The number of nitrogens with zero attached hydrogens (tertiary/aromatic N) is 1. The Balaban J connectivity index is 2.49. The average Bonchev–Trinajstić information content (AvgIpc) is 2.56. The molecule has 0 aliphatic rings. The topological polar surface area (TPSA) is 84.0 Å². The number of methoxy groups -OCH3 is 2. The summed E-state index contributed by atoms with van der Waals surface area (Å²) < 4.78 is 10.6. The van der Waals surface area contributed by atoms with Gasteiger partial charge in [-0.05, 0) is 51.0 Å². The first kappa shape index (κ1) is 20.6. The van der Waals surface area contributed by atoms with Crippen molar-refractivity contribution in [3.8, 4) is 11.5 Å². The predicted molar refractivity (Wildman–Crippen MR) is 101 cm³/mol. The van der Waals surface area contributed by atoms with Gasteiger partial charge >= 0.3 is 0 Å². The second-order valence-electron chi connectivity index (χ2n) is 6.58. The molecule has 1 rings (SSSR count). The molecular weight excluding hydrogens is 320 g/mol. The second-order valence-corrected chi connectivity index (χ2v) is 6.58. The highest BCUT2D eigenvalue weighted by Gasteiger charge is 2.13. The summed E-state index contributed by atoms with van der Waals surface area (Å²) in [6, 6.07) is 5.70. The van der Waals surface area contributed by atoms with Crippen LogP contribution in [0, 0.1) is 0 Å². The molecule has 0 saturated heterocycles. The number of benzene rings is 1. The molecule has 0 saturated carbocycles. The van der Waals surface area contributed by atoms with E-state index in [2.05, 4.69) is 20.9 Å². The Morgan fingerprint density at radius 3 is 2.44 bits per heavy atom. The zero-order valence-corrected chi connectivity index (χ0v) is 16.0. The summed E-state index contributed by atoms with van der Waals surface area (Å²) in [4.78, 5) is 16.0. The van der Waals surface area contributed by atoms with Crippen LogP contribution in [0.5, 0.6) is 11.5 Å². The van der Waals surface area contributed by atoms with E-state index in [0.29, 0.717) is 12.5 Å². The van der Waals surface area contributed by atoms with Crippen molar-refractivity contribution in [3.63, 3.8) is 0 Å². The number of nitrogens with one attached hydrogen (secondary N) is 3. The van der Waals surface area contributed by atoms with Crippen LogP contribution >= 0.6 is 0 Å². The Kier molecular flexibility index (Phi) is 8.04. The van der Waals surface area contributed by atoms with Gasteiger partial charge in [-0.2, -0.15) is 0 Å². The number of aliphatic imine (C=N–C) groups is 1. The Labute approximate surface area is 150 Å². The molecule has 1 aromatic rings. The molecule has 7 heteroatoms. The predicted octanol–water partition coefficient (Wildman–Crippen LogP) is 1.33. The van der Waals surface area contributed by atoms with Crippen LogP contribution in [-0.2, 0) is 11.2 Å². The normalized spacial score (nSPS) is 11.7. The van der Waals surface area contributed by atoms with Crippen molar-refractivity contribution < 1.29 is 14.3 Å². The molecule has 0 bridgehead atoms. The number of carbonyl (C=O) groups is 1. The molecule has 0 heterocycles. The average molecular weight is 350 g/mol. The number of amides is 1. The number of guanidine groups is 1. The summed E-state index contributed by atoms with van der Waals surface area (Å²) >= 11 is 0. The van der Waals surface area contributed by atoms with Gasteiger partial charge in [0.2, 0.25) is 5.91 Å². The fourth-order valence-corrected chi connectivity index (χ4v) is 2.24. The minimum absolute atomic E-state index is 0.0788. The van der Waals surface area contributed by atoms with Gasteiger partial charge in [-0.3, -0.25) is 9.79 Å². The van der Waals surface area contributed by atoms with Crippen LogP contribution in [0.25, 0.3) is 0 Å². The third kappa shape index (κ3) is 7.78. The quantitative estimate of drug-likeness (QED) is 0.510. The second kappa shape index (κ2) is 9.76. The molecule has 0 unspecified atom stereocenters. The van der Waals surface area contributed by atoms with Gasteiger partial charge in [0, 0.05) is 19.1 Å². The first-order chi connectivity index (χ1) is 11.8. The lowest BCUT2D eigenvalue weighted by Gasteiger charge is -2.21. The minimum Gasteiger partial charge on any atom is -0.497 e. The minimum atomic E-state index is -0.251. The van der Waals surface area contributed by atoms with Crippen LogP contribution in [-0.4, -0.2) is 51.8 Å². The summed E-state index contributed by atoms with van der Waals surface area (Å²) in [5, 5.41) is 9.08. The number of ether oxygens (including phenoxy) is 2. The Morgan fingerprint density at radius 2 is 1.88 bits per heavy atom. The number of hydrogen-bond acceptors (Lipinski definition) is 4. The maximum absolute atomic E-state index is 11.8. The molecule has 140 valence electrons. The van der Waals surface area contributed by atoms with Crippen molar-refractivity contribution in [2.24, 2.45) is 4.99 Å². The van der Waals surface area contributed by atoms with E-state index in [0.717, 1.165) is 23.5 Å². The monoisotopic (exact) mass is 350 g/mol. The van der Waals surface area contributed by atoms with E-state index in [9.17, 15) is 4.79 Å². The molecule has 0 radical (unpaired) electrons. The molecule has 0 atom stereocenters. The van der Waals surface area contributed by atoms with Gasteiger partial charge in [0.15, 0.2) is 5.96 Å². The van der Waals surface area contributed by atoms with E-state index in [1.807, 2.05) is 39.0 Å². The first-order valence-corrected chi connectivity index (χ1v) is 8.25. The molecule has 1 aromatic carbocycles. The molecule has 0 spiro atoms. The van der Waals surface area contributed by atoms with Crippen LogP contribution < -0.4 is 25.4 Å². The smallest absolute Gasteiger partial charge is 0.239 e. The number of hydrogen-bond donors (Lipinski definition) is 3. The van der Waals surface area contributed by atoms with E-state index in [1.54, 1.807) is 21.3 Å². The standard InChI is InChI=1S/C18H30N4O3/c1-18(2,3)22-16(23)12-21-17(19-4)20-10-9-13-11-14(24-5)7-8-15(13)25-6/h7-8,11H,9-10,12H2,1-6H3,(H,22,23)(H2,19,20,21). The van der Waals surface area contributed by atoms with Gasteiger partial charge in [0.25, 0.3) is 0 Å². The lowest BCUT2D eigenvalue weighted by Crippen LogP contribution is -2.48. The molecule has 0 fully saturated rings. The maximum atomic E-state index is 11.8. The van der Waals surface area contributed by atoms with Gasteiger partial charge in [0.05, 0.1) is 20.8 Å². The largest absolute Gasteiger partial charge is 0.497 e. The molecule has 25 heavy (non-hydrogen) atoms. The molecular formula is C18H30N4O3. The van der Waals surface area contributed by atoms with Crippen LogP contribution in [0.4, 0.5) is 0 Å². The molecule has 0 aliphatic carbocycles. The van der Waals surface area contributed by atoms with Crippen LogP contribution in [0.3, 0.4) is 0 Å². The summed E-state index contributed by atoms with van der Waals surface area (Å²) in [6.07, 6.45) is 0.731. The first-order valence-electron chi connectivity index (χ1n) is 8.25. The van der Waals surface area contributed by atoms with Crippen molar-refractivity contribution in [1.29, 1.82) is 0 Å². The van der Waals surface area contributed by atoms with Crippen molar-refractivity contribution in [2.75, 3.05) is 34.4 Å². The Hall–Kier alpha value is -2.44. The summed E-state index contributed by atoms with van der Waals surface area (Å²) in [5.74, 6) is 2.10. The Bertz CT molecular complexity index is 594. The molecule has 0 aliphatic heterocycles. The Morgan fingerprint density at radius 1 is 1.16 bits per heavy atom. The van der Waals surface area contributed by atoms with E-state index < -0.39 is 0 Å². The SMILES string of the molecule is CN=C(NCCc1cc(OC)ccc1OC)NCC(=O)NC(C)(C)C. The molecule has 0 aromatic heterocycles. The molecule has 7 nitrogen and oxygen atoms in total. The highest BCUT2D eigenvalue weighted by molar-refractivity contribution is 5.86. The molecule has 3 N–H and O–H groups in total. The number of carbonyl (C=O) groups excluding carboxylic acids is 1. The van der Waals surface area contributed by atoms with Crippen molar-refractivity contribution >= 4 is 11.9 Å². The van der Waals surface area contributed by atoms with Crippen LogP contribution in [0.15, 0.2) is 23.2 Å². The van der Waals surface area contributed by atoms with E-state index in [4.69, 9.17) is 9.47 Å². The van der Waals surface area contributed by atoms with Gasteiger partial charge in [-0.15, -0.1) is 0 Å². The van der Waals surface area contributed by atoms with E-state index >= 15 is 0 Å². The van der Waals surface area contributed by atoms with Gasteiger partial charge in [0.1, 0.15) is 11.5 Å². The third-order valence-corrected chi connectivity index (χ3v) is 3.33. The zero-order valence-electron chi connectivity index (χ0n) is 16.0. The lowest BCUT2D eigenvalue weighted by molar-refractivity contribution is -0.121. The van der Waals surface area contributed by atoms with Gasteiger partial charge in [-0.1, -0.05) is 0 Å².